The highest BCUT2D eigenvalue weighted by molar-refractivity contribution is 7.15. The molecule has 0 bridgehead atoms. The minimum Gasteiger partial charge on any atom is -0.461 e. The smallest absolute Gasteiger partial charge is 0.144 e. The molecule has 2 aromatic carbocycles. The average Bonchev–Trinajstić information content (AvgIpc) is 3.47. The number of fused-ring (bicyclic) bond motifs is 5. The maximum atomic E-state index is 6.23. The lowest BCUT2D eigenvalue weighted by Gasteiger charge is -2.16. The van der Waals surface area contributed by atoms with E-state index >= 15 is 0 Å². The van der Waals surface area contributed by atoms with Gasteiger partial charge in [-0.2, -0.15) is 0 Å². The topological polar surface area (TPSA) is 39.2 Å². The Morgan fingerprint density at radius 3 is 2.58 bits per heavy atom. The Balaban J connectivity index is 1.52. The number of furan rings is 2. The Morgan fingerprint density at radius 1 is 0.879 bits per heavy atom. The van der Waals surface area contributed by atoms with E-state index in [1.54, 1.807) is 0 Å². The van der Waals surface area contributed by atoms with Crippen molar-refractivity contribution in [2.75, 3.05) is 0 Å². The molecule has 164 valence electrons. The Hall–Kier alpha value is -3.37. The van der Waals surface area contributed by atoms with Crippen molar-refractivity contribution in [1.29, 1.82) is 0 Å². The summed E-state index contributed by atoms with van der Waals surface area (Å²) >= 11 is 1.86. The maximum Gasteiger partial charge on any atom is 0.144 e. The molecule has 33 heavy (non-hydrogen) atoms. The molecule has 0 saturated heterocycles. The van der Waals surface area contributed by atoms with Crippen LogP contribution in [0.4, 0.5) is 0 Å². The van der Waals surface area contributed by atoms with Crippen LogP contribution in [-0.4, -0.2) is 4.98 Å². The molecule has 0 atom stereocenters. The highest BCUT2D eigenvalue weighted by Crippen LogP contribution is 2.41. The van der Waals surface area contributed by atoms with E-state index in [4.69, 9.17) is 13.8 Å². The van der Waals surface area contributed by atoms with Crippen LogP contribution in [0.15, 0.2) is 75.7 Å². The number of hydrogen-bond donors (Lipinski definition) is 0. The van der Waals surface area contributed by atoms with Gasteiger partial charge < -0.3 is 8.83 Å². The highest BCUT2D eigenvalue weighted by atomic mass is 32.1. The summed E-state index contributed by atoms with van der Waals surface area (Å²) in [6.07, 6.45) is 2.96. The van der Waals surface area contributed by atoms with E-state index in [1.807, 2.05) is 42.7 Å². The van der Waals surface area contributed by atoms with Gasteiger partial charge in [0.15, 0.2) is 0 Å². The van der Waals surface area contributed by atoms with E-state index in [0.29, 0.717) is 0 Å². The lowest BCUT2D eigenvalue weighted by Crippen LogP contribution is -2.07. The summed E-state index contributed by atoms with van der Waals surface area (Å²) in [4.78, 5) is 7.39. The summed E-state index contributed by atoms with van der Waals surface area (Å²) in [5, 5.41) is 3.28. The van der Waals surface area contributed by atoms with E-state index in [9.17, 15) is 0 Å². The van der Waals surface area contributed by atoms with Crippen LogP contribution in [0.3, 0.4) is 0 Å². The molecule has 0 fully saturated rings. The van der Waals surface area contributed by atoms with E-state index < -0.39 is 0 Å². The van der Waals surface area contributed by atoms with E-state index in [2.05, 4.69) is 63.2 Å². The second-order valence-electron chi connectivity index (χ2n) is 9.93. The molecule has 0 aliphatic rings. The van der Waals surface area contributed by atoms with Crippen molar-refractivity contribution >= 4 is 44.2 Å². The fourth-order valence-corrected chi connectivity index (χ4v) is 5.92. The van der Waals surface area contributed by atoms with E-state index in [0.717, 1.165) is 56.3 Å². The van der Waals surface area contributed by atoms with Crippen molar-refractivity contribution in [3.8, 4) is 21.7 Å². The second kappa shape index (κ2) is 7.32. The average molecular weight is 452 g/mol. The van der Waals surface area contributed by atoms with Crippen molar-refractivity contribution in [3.05, 3.63) is 77.5 Å². The van der Waals surface area contributed by atoms with Gasteiger partial charge in [0.25, 0.3) is 0 Å². The molecule has 0 radical (unpaired) electrons. The van der Waals surface area contributed by atoms with Gasteiger partial charge >= 0.3 is 0 Å². The van der Waals surface area contributed by atoms with Gasteiger partial charge in [0.1, 0.15) is 22.5 Å². The van der Waals surface area contributed by atoms with Crippen LogP contribution in [0.25, 0.3) is 54.6 Å². The molecule has 0 amide bonds. The van der Waals surface area contributed by atoms with Gasteiger partial charge in [0, 0.05) is 37.7 Å². The highest BCUT2D eigenvalue weighted by Gasteiger charge is 2.19. The monoisotopic (exact) mass is 451 g/mol. The number of pyridine rings is 1. The number of rotatable bonds is 3. The van der Waals surface area contributed by atoms with Crippen LogP contribution in [0.2, 0.25) is 0 Å². The number of hydrogen-bond acceptors (Lipinski definition) is 4. The minimum atomic E-state index is 0.274. The zero-order valence-corrected chi connectivity index (χ0v) is 20.0. The number of benzene rings is 2. The predicted octanol–water partition coefficient (Wildman–Crippen LogP) is 9.02. The van der Waals surface area contributed by atoms with Crippen molar-refractivity contribution in [2.24, 2.45) is 5.41 Å². The van der Waals surface area contributed by atoms with E-state index in [1.165, 1.54) is 15.3 Å². The molecule has 0 unspecified atom stereocenters. The molecule has 0 spiro atoms. The van der Waals surface area contributed by atoms with Crippen molar-refractivity contribution < 1.29 is 8.83 Å². The number of nitrogens with zero attached hydrogens (tertiary/aromatic N) is 1. The third kappa shape index (κ3) is 3.55. The normalized spacial score (nSPS) is 12.4. The van der Waals surface area contributed by atoms with Gasteiger partial charge in [-0.25, -0.2) is 0 Å². The summed E-state index contributed by atoms with van der Waals surface area (Å²) in [6, 6.07) is 21.1. The standard InChI is InChI=1S/C29H25NO2S/c1-17-13-22-27-20-7-5-6-8-24(20)32-25(27)15-21(28(22)31-17)23-14-18(11-12-30-23)26-10-9-19(33-26)16-29(2,3)4/h5-15H,16H2,1-4H3. The Morgan fingerprint density at radius 2 is 1.73 bits per heavy atom. The first-order chi connectivity index (χ1) is 15.9. The molecule has 6 rings (SSSR count). The number of aryl methyl sites for hydroxylation is 1. The molecule has 0 aliphatic carbocycles. The van der Waals surface area contributed by atoms with Crippen LogP contribution in [-0.2, 0) is 6.42 Å². The fraction of sp³-hybridized carbons (Fsp3) is 0.207. The van der Waals surface area contributed by atoms with Crippen LogP contribution in [0.5, 0.6) is 0 Å². The van der Waals surface area contributed by atoms with Gasteiger partial charge in [-0.3, -0.25) is 4.98 Å². The second-order valence-corrected chi connectivity index (χ2v) is 11.1. The number of aromatic nitrogens is 1. The molecular weight excluding hydrogens is 426 g/mol. The Bertz CT molecular complexity index is 1640. The summed E-state index contributed by atoms with van der Waals surface area (Å²) in [6.45, 7) is 8.83. The molecule has 0 N–H and O–H groups in total. The predicted molar refractivity (Wildman–Crippen MR) is 138 cm³/mol. The van der Waals surface area contributed by atoms with Gasteiger partial charge in [-0.1, -0.05) is 39.0 Å². The maximum absolute atomic E-state index is 6.23. The Kier molecular flexibility index (Phi) is 4.49. The van der Waals surface area contributed by atoms with Crippen molar-refractivity contribution in [1.82, 2.24) is 4.98 Å². The summed E-state index contributed by atoms with van der Waals surface area (Å²) in [7, 11) is 0. The molecule has 6 aromatic rings. The molecule has 4 heterocycles. The number of thiophene rings is 1. The van der Waals surface area contributed by atoms with Gasteiger partial charge in [0.2, 0.25) is 0 Å². The first-order valence-corrected chi connectivity index (χ1v) is 12.1. The SMILES string of the molecule is Cc1cc2c(o1)c(-c1cc(-c3ccc(CC(C)(C)C)s3)ccn1)cc1oc3ccccc3c12. The third-order valence-electron chi connectivity index (χ3n) is 5.95. The molecule has 4 heteroatoms. The zero-order chi connectivity index (χ0) is 22.7. The quantitative estimate of drug-likeness (QED) is 0.269. The first kappa shape index (κ1) is 20.3. The van der Waals surface area contributed by atoms with Crippen LogP contribution < -0.4 is 0 Å². The molecule has 0 aliphatic heterocycles. The van der Waals surface area contributed by atoms with Gasteiger partial charge in [0.05, 0.1) is 5.69 Å². The fourth-order valence-electron chi connectivity index (χ4n) is 4.61. The molecule has 3 nitrogen and oxygen atoms in total. The Labute approximate surface area is 196 Å². The summed E-state index contributed by atoms with van der Waals surface area (Å²) < 4.78 is 12.4. The molecular formula is C29H25NO2S. The largest absolute Gasteiger partial charge is 0.461 e. The summed E-state index contributed by atoms with van der Waals surface area (Å²) in [5.41, 5.74) is 5.89. The van der Waals surface area contributed by atoms with Gasteiger partial charge in [-0.05, 0) is 66.8 Å². The van der Waals surface area contributed by atoms with Crippen molar-refractivity contribution in [2.45, 2.75) is 34.1 Å². The molecule has 0 saturated carbocycles. The van der Waals surface area contributed by atoms with Crippen molar-refractivity contribution in [3.63, 3.8) is 0 Å². The first-order valence-electron chi connectivity index (χ1n) is 11.3. The third-order valence-corrected chi connectivity index (χ3v) is 7.09. The lowest BCUT2D eigenvalue weighted by atomic mass is 9.92. The lowest BCUT2D eigenvalue weighted by molar-refractivity contribution is 0.414. The zero-order valence-electron chi connectivity index (χ0n) is 19.2. The summed E-state index contributed by atoms with van der Waals surface area (Å²) in [5.74, 6) is 0.880. The minimum absolute atomic E-state index is 0.274. The van der Waals surface area contributed by atoms with Crippen LogP contribution in [0, 0.1) is 12.3 Å². The molecule has 4 aromatic heterocycles. The van der Waals surface area contributed by atoms with Crippen LogP contribution >= 0.6 is 11.3 Å². The van der Waals surface area contributed by atoms with Crippen LogP contribution in [0.1, 0.15) is 31.4 Å². The van der Waals surface area contributed by atoms with E-state index in [-0.39, 0.29) is 5.41 Å². The van der Waals surface area contributed by atoms with Gasteiger partial charge in [-0.15, -0.1) is 11.3 Å². The number of para-hydroxylation sites is 1.